The van der Waals surface area contributed by atoms with Gasteiger partial charge in [-0.1, -0.05) is 48.2 Å². The van der Waals surface area contributed by atoms with E-state index in [2.05, 4.69) is 12.1 Å². The lowest BCUT2D eigenvalue weighted by molar-refractivity contribution is -0.117. The standard InChI is InChI=1S/C15H12OS/c16-13-9-11-5-1-3-7-14(11)17-15-8-4-2-6-12(15)10-13/h1-8H,9-10H2. The Labute approximate surface area is 105 Å². The molecule has 2 heteroatoms. The third-order valence-electron chi connectivity index (χ3n) is 2.94. The summed E-state index contributed by atoms with van der Waals surface area (Å²) in [4.78, 5) is 14.4. The Hall–Kier alpha value is -1.54. The third-order valence-corrected chi connectivity index (χ3v) is 4.18. The molecule has 0 atom stereocenters. The van der Waals surface area contributed by atoms with Crippen molar-refractivity contribution in [2.75, 3.05) is 0 Å². The minimum Gasteiger partial charge on any atom is -0.299 e. The number of benzene rings is 2. The molecule has 1 heterocycles. The fraction of sp³-hybridized carbons (Fsp3) is 0.133. The SMILES string of the molecule is O=C1Cc2ccccc2Sc2ccccc2C1. The Morgan fingerprint density at radius 3 is 1.76 bits per heavy atom. The van der Waals surface area contributed by atoms with Gasteiger partial charge in [0, 0.05) is 22.6 Å². The molecule has 0 aromatic heterocycles. The summed E-state index contributed by atoms with van der Waals surface area (Å²) >= 11 is 1.77. The highest BCUT2D eigenvalue weighted by Crippen LogP contribution is 2.35. The average molecular weight is 240 g/mol. The van der Waals surface area contributed by atoms with Gasteiger partial charge in [0.25, 0.3) is 0 Å². The maximum Gasteiger partial charge on any atom is 0.141 e. The highest BCUT2D eigenvalue weighted by Gasteiger charge is 2.16. The van der Waals surface area contributed by atoms with Gasteiger partial charge in [0.2, 0.25) is 0 Å². The van der Waals surface area contributed by atoms with E-state index in [1.54, 1.807) is 11.8 Å². The zero-order chi connectivity index (χ0) is 11.7. The molecule has 0 spiro atoms. The molecule has 0 saturated heterocycles. The molecule has 0 radical (unpaired) electrons. The van der Waals surface area contributed by atoms with E-state index in [1.165, 1.54) is 9.79 Å². The monoisotopic (exact) mass is 240 g/mol. The fourth-order valence-electron chi connectivity index (χ4n) is 2.10. The predicted molar refractivity (Wildman–Crippen MR) is 69.4 cm³/mol. The number of hydrogen-bond acceptors (Lipinski definition) is 2. The highest BCUT2D eigenvalue weighted by molar-refractivity contribution is 7.99. The van der Waals surface area contributed by atoms with Crippen molar-refractivity contribution in [2.45, 2.75) is 22.6 Å². The molecule has 1 aliphatic heterocycles. The topological polar surface area (TPSA) is 17.1 Å². The van der Waals surface area contributed by atoms with Gasteiger partial charge in [0.15, 0.2) is 0 Å². The van der Waals surface area contributed by atoms with E-state index >= 15 is 0 Å². The second-order valence-corrected chi connectivity index (χ2v) is 5.29. The number of carbonyl (C=O) groups is 1. The van der Waals surface area contributed by atoms with E-state index in [-0.39, 0.29) is 0 Å². The molecule has 0 unspecified atom stereocenters. The van der Waals surface area contributed by atoms with E-state index in [0.717, 1.165) is 11.1 Å². The predicted octanol–water partition coefficient (Wildman–Crippen LogP) is 3.51. The van der Waals surface area contributed by atoms with Crippen LogP contribution in [0.25, 0.3) is 0 Å². The number of hydrogen-bond donors (Lipinski definition) is 0. The van der Waals surface area contributed by atoms with E-state index in [0.29, 0.717) is 18.6 Å². The first-order chi connectivity index (χ1) is 8.33. The van der Waals surface area contributed by atoms with Crippen LogP contribution in [0.1, 0.15) is 11.1 Å². The number of fused-ring (bicyclic) bond motifs is 2. The van der Waals surface area contributed by atoms with E-state index in [9.17, 15) is 4.79 Å². The molecular formula is C15H12OS. The molecule has 0 saturated carbocycles. The molecule has 3 rings (SSSR count). The number of carbonyl (C=O) groups excluding carboxylic acids is 1. The van der Waals surface area contributed by atoms with Gasteiger partial charge in [-0.25, -0.2) is 0 Å². The van der Waals surface area contributed by atoms with E-state index < -0.39 is 0 Å². The first-order valence-electron chi connectivity index (χ1n) is 5.68. The zero-order valence-electron chi connectivity index (χ0n) is 9.35. The summed E-state index contributed by atoms with van der Waals surface area (Å²) in [5.41, 5.74) is 2.30. The Bertz CT molecular complexity index is 525. The van der Waals surface area contributed by atoms with Crippen LogP contribution in [0, 0.1) is 0 Å². The highest BCUT2D eigenvalue weighted by atomic mass is 32.2. The summed E-state index contributed by atoms with van der Waals surface area (Å²) in [5.74, 6) is 0.296. The quantitative estimate of drug-likeness (QED) is 0.701. The maximum atomic E-state index is 12.0. The summed E-state index contributed by atoms with van der Waals surface area (Å²) in [6.07, 6.45) is 1.11. The van der Waals surface area contributed by atoms with Crippen LogP contribution < -0.4 is 0 Å². The maximum absolute atomic E-state index is 12.0. The van der Waals surface area contributed by atoms with Gasteiger partial charge >= 0.3 is 0 Å². The zero-order valence-corrected chi connectivity index (χ0v) is 10.2. The average Bonchev–Trinajstić information content (AvgIpc) is 2.31. The van der Waals surface area contributed by atoms with Gasteiger partial charge in [-0.05, 0) is 23.3 Å². The van der Waals surface area contributed by atoms with Gasteiger partial charge in [0.1, 0.15) is 5.78 Å². The summed E-state index contributed by atoms with van der Waals surface area (Å²) in [7, 11) is 0. The van der Waals surface area contributed by atoms with Crippen molar-refractivity contribution in [1.82, 2.24) is 0 Å². The van der Waals surface area contributed by atoms with Crippen molar-refractivity contribution >= 4 is 17.5 Å². The summed E-state index contributed by atoms with van der Waals surface area (Å²) < 4.78 is 0. The molecule has 0 aliphatic carbocycles. The molecule has 0 bridgehead atoms. The Balaban J connectivity index is 2.12. The van der Waals surface area contributed by atoms with Crippen molar-refractivity contribution in [3.63, 3.8) is 0 Å². The summed E-state index contributed by atoms with van der Waals surface area (Å²) in [5, 5.41) is 0. The summed E-state index contributed by atoms with van der Waals surface area (Å²) in [6, 6.07) is 16.3. The smallest absolute Gasteiger partial charge is 0.141 e. The van der Waals surface area contributed by atoms with Crippen molar-refractivity contribution in [2.24, 2.45) is 0 Å². The minimum atomic E-state index is 0.296. The number of rotatable bonds is 0. The van der Waals surface area contributed by atoms with Crippen LogP contribution in [-0.2, 0) is 17.6 Å². The molecule has 17 heavy (non-hydrogen) atoms. The van der Waals surface area contributed by atoms with Crippen LogP contribution in [0.2, 0.25) is 0 Å². The second kappa shape index (κ2) is 4.38. The van der Waals surface area contributed by atoms with E-state index in [1.807, 2.05) is 36.4 Å². The third kappa shape index (κ3) is 2.13. The van der Waals surface area contributed by atoms with Crippen LogP contribution in [0.3, 0.4) is 0 Å². The molecule has 0 fully saturated rings. The molecular weight excluding hydrogens is 228 g/mol. The molecule has 2 aromatic rings. The lowest BCUT2D eigenvalue weighted by atomic mass is 10.0. The van der Waals surface area contributed by atoms with Crippen LogP contribution in [0.5, 0.6) is 0 Å². The minimum absolute atomic E-state index is 0.296. The molecule has 1 nitrogen and oxygen atoms in total. The van der Waals surface area contributed by atoms with Gasteiger partial charge < -0.3 is 0 Å². The molecule has 0 amide bonds. The molecule has 1 aliphatic rings. The Morgan fingerprint density at radius 1 is 0.765 bits per heavy atom. The van der Waals surface area contributed by atoms with E-state index in [4.69, 9.17) is 0 Å². The number of Topliss-reactive ketones (excluding diaryl/α,β-unsaturated/α-hetero) is 1. The Kier molecular flexibility index (Phi) is 2.73. The fourth-order valence-corrected chi connectivity index (χ4v) is 3.18. The first-order valence-corrected chi connectivity index (χ1v) is 6.50. The number of ketones is 1. The Morgan fingerprint density at radius 2 is 1.24 bits per heavy atom. The van der Waals surface area contributed by atoms with Crippen LogP contribution in [-0.4, -0.2) is 5.78 Å². The van der Waals surface area contributed by atoms with Crippen LogP contribution in [0.4, 0.5) is 0 Å². The van der Waals surface area contributed by atoms with Crippen molar-refractivity contribution in [1.29, 1.82) is 0 Å². The van der Waals surface area contributed by atoms with Crippen molar-refractivity contribution in [3.8, 4) is 0 Å². The second-order valence-electron chi connectivity index (χ2n) is 4.21. The van der Waals surface area contributed by atoms with Gasteiger partial charge in [-0.3, -0.25) is 4.79 Å². The summed E-state index contributed by atoms with van der Waals surface area (Å²) in [6.45, 7) is 0. The van der Waals surface area contributed by atoms with Crippen molar-refractivity contribution < 1.29 is 4.79 Å². The van der Waals surface area contributed by atoms with Gasteiger partial charge in [0.05, 0.1) is 0 Å². The largest absolute Gasteiger partial charge is 0.299 e. The lowest BCUT2D eigenvalue weighted by Crippen LogP contribution is -2.10. The van der Waals surface area contributed by atoms with Crippen LogP contribution in [0.15, 0.2) is 58.3 Å². The lowest BCUT2D eigenvalue weighted by Gasteiger charge is -2.15. The van der Waals surface area contributed by atoms with Crippen LogP contribution >= 0.6 is 11.8 Å². The first kappa shape index (κ1) is 10.6. The molecule has 84 valence electrons. The molecule has 2 aromatic carbocycles. The molecule has 0 N–H and O–H groups in total. The van der Waals surface area contributed by atoms with Crippen molar-refractivity contribution in [3.05, 3.63) is 59.7 Å². The normalized spacial score (nSPS) is 14.5. The van der Waals surface area contributed by atoms with Gasteiger partial charge in [-0.15, -0.1) is 0 Å². The van der Waals surface area contributed by atoms with Gasteiger partial charge in [-0.2, -0.15) is 0 Å².